The van der Waals surface area contributed by atoms with Crippen molar-refractivity contribution in [3.63, 3.8) is 0 Å². The van der Waals surface area contributed by atoms with Gasteiger partial charge in [0.05, 0.1) is 11.2 Å². The van der Waals surface area contributed by atoms with Gasteiger partial charge in [-0.15, -0.1) is 19.6 Å². The van der Waals surface area contributed by atoms with Crippen molar-refractivity contribution in [1.29, 1.82) is 0 Å². The molecule has 0 atom stereocenters. The third-order valence-electron chi connectivity index (χ3n) is 3.26. The van der Waals surface area contributed by atoms with Crippen molar-refractivity contribution >= 4 is 11.6 Å². The molecule has 0 N–H and O–H groups in total. The van der Waals surface area contributed by atoms with Gasteiger partial charge in [0, 0.05) is 22.8 Å². The summed E-state index contributed by atoms with van der Waals surface area (Å²) < 4.78 is 53.1. The van der Waals surface area contributed by atoms with E-state index < -0.39 is 12.1 Å². The first kappa shape index (κ1) is 17.7. The number of terminal acetylenes is 1. The Bertz CT molecular complexity index is 963. The molecule has 0 saturated heterocycles. The zero-order chi connectivity index (χ0) is 18.7. The molecule has 132 valence electrons. The maximum atomic E-state index is 12.9. The van der Waals surface area contributed by atoms with Gasteiger partial charge in [-0.25, -0.2) is 0 Å². The van der Waals surface area contributed by atoms with Gasteiger partial charge in [-0.1, -0.05) is 34.8 Å². The molecule has 0 aliphatic carbocycles. The molecule has 4 nitrogen and oxygen atoms in total. The number of aromatic nitrogens is 1. The van der Waals surface area contributed by atoms with E-state index in [-0.39, 0.29) is 22.1 Å². The standard InChI is InChI=1S/C18H9ClF3NO3/c1-2-11-6-7-13(8-15(11)19)25-16-5-3-4-14(12-9-23-24-10-12)17(16)26-18(20,21)22/h1,3-10H. The SMILES string of the molecule is C#Cc1ccc(Oc2cccc(-c3cnoc3)c2OC(F)(F)F)cc1Cl. The van der Waals surface area contributed by atoms with E-state index in [9.17, 15) is 13.2 Å². The normalized spacial score (nSPS) is 11.0. The summed E-state index contributed by atoms with van der Waals surface area (Å²) in [5, 5.41) is 3.73. The van der Waals surface area contributed by atoms with E-state index in [1.54, 1.807) is 0 Å². The lowest BCUT2D eigenvalue weighted by molar-refractivity contribution is -0.274. The molecule has 3 aromatic rings. The number of hydrogen-bond acceptors (Lipinski definition) is 4. The number of ether oxygens (including phenoxy) is 2. The Kier molecular flexibility index (Phi) is 4.78. The van der Waals surface area contributed by atoms with Gasteiger partial charge in [-0.05, 0) is 18.2 Å². The summed E-state index contributed by atoms with van der Waals surface area (Å²) in [5.74, 6) is 1.89. The van der Waals surface area contributed by atoms with Crippen LogP contribution in [0.15, 0.2) is 53.4 Å². The van der Waals surface area contributed by atoms with Gasteiger partial charge in [-0.2, -0.15) is 0 Å². The minimum Gasteiger partial charge on any atom is -0.453 e. The van der Waals surface area contributed by atoms with Crippen LogP contribution in [0.3, 0.4) is 0 Å². The Morgan fingerprint density at radius 1 is 1.19 bits per heavy atom. The van der Waals surface area contributed by atoms with Crippen LogP contribution in [0.1, 0.15) is 5.56 Å². The molecule has 2 aromatic carbocycles. The van der Waals surface area contributed by atoms with Crippen LogP contribution in [0.5, 0.6) is 17.2 Å². The molecule has 0 saturated carbocycles. The highest BCUT2D eigenvalue weighted by atomic mass is 35.5. The maximum absolute atomic E-state index is 12.9. The molecule has 0 unspecified atom stereocenters. The molecule has 0 amide bonds. The van der Waals surface area contributed by atoms with E-state index in [0.717, 1.165) is 0 Å². The van der Waals surface area contributed by atoms with Crippen molar-refractivity contribution in [3.8, 4) is 40.7 Å². The lowest BCUT2D eigenvalue weighted by atomic mass is 10.1. The third kappa shape index (κ3) is 3.92. The molecule has 8 heteroatoms. The molecule has 1 heterocycles. The third-order valence-corrected chi connectivity index (χ3v) is 3.58. The first-order chi connectivity index (χ1) is 12.4. The average molecular weight is 380 g/mol. The van der Waals surface area contributed by atoms with Crippen LogP contribution in [0.25, 0.3) is 11.1 Å². The summed E-state index contributed by atoms with van der Waals surface area (Å²) >= 11 is 6.00. The highest BCUT2D eigenvalue weighted by Gasteiger charge is 2.34. The Balaban J connectivity index is 2.05. The molecule has 3 rings (SSSR count). The van der Waals surface area contributed by atoms with E-state index in [2.05, 4.69) is 20.3 Å². The minimum atomic E-state index is -4.92. The Morgan fingerprint density at radius 3 is 2.62 bits per heavy atom. The molecule has 0 radical (unpaired) electrons. The summed E-state index contributed by atoms with van der Waals surface area (Å²) in [4.78, 5) is 0. The molecule has 1 aromatic heterocycles. The van der Waals surface area contributed by atoms with E-state index in [4.69, 9.17) is 22.8 Å². The molecule has 26 heavy (non-hydrogen) atoms. The molecule has 0 spiro atoms. The molecule has 0 aliphatic heterocycles. The molecular weight excluding hydrogens is 371 g/mol. The number of rotatable bonds is 4. The largest absolute Gasteiger partial charge is 0.573 e. The number of alkyl halides is 3. The van der Waals surface area contributed by atoms with Crippen molar-refractivity contribution in [1.82, 2.24) is 5.16 Å². The van der Waals surface area contributed by atoms with Gasteiger partial charge < -0.3 is 14.0 Å². The fourth-order valence-corrected chi connectivity index (χ4v) is 2.41. The topological polar surface area (TPSA) is 44.5 Å². The van der Waals surface area contributed by atoms with E-state index in [1.807, 2.05) is 0 Å². The van der Waals surface area contributed by atoms with E-state index >= 15 is 0 Å². The van der Waals surface area contributed by atoms with E-state index in [1.165, 1.54) is 48.9 Å². The van der Waals surface area contributed by atoms with Crippen molar-refractivity contribution in [2.45, 2.75) is 6.36 Å². The predicted molar refractivity (Wildman–Crippen MR) is 88.1 cm³/mol. The van der Waals surface area contributed by atoms with Crippen LogP contribution in [0.4, 0.5) is 13.2 Å². The fourth-order valence-electron chi connectivity index (χ4n) is 2.19. The zero-order valence-electron chi connectivity index (χ0n) is 12.9. The maximum Gasteiger partial charge on any atom is 0.573 e. The van der Waals surface area contributed by atoms with Gasteiger partial charge in [0.2, 0.25) is 0 Å². The van der Waals surface area contributed by atoms with Crippen LogP contribution < -0.4 is 9.47 Å². The van der Waals surface area contributed by atoms with Crippen molar-refractivity contribution < 1.29 is 27.2 Å². The number of nitrogens with zero attached hydrogens (tertiary/aromatic N) is 1. The number of halogens is 4. The zero-order valence-corrected chi connectivity index (χ0v) is 13.6. The molecule has 0 aliphatic rings. The number of benzene rings is 2. The summed E-state index contributed by atoms with van der Waals surface area (Å²) in [5.41, 5.74) is 0.840. The highest BCUT2D eigenvalue weighted by Crippen LogP contribution is 2.43. The van der Waals surface area contributed by atoms with Crippen molar-refractivity contribution in [2.75, 3.05) is 0 Å². The molecule has 0 fully saturated rings. The Labute approximate surface area is 151 Å². The van der Waals surface area contributed by atoms with Gasteiger partial charge in [0.15, 0.2) is 11.5 Å². The predicted octanol–water partition coefficient (Wildman–Crippen LogP) is 5.67. The second-order valence-electron chi connectivity index (χ2n) is 4.98. The number of para-hydroxylation sites is 1. The number of hydrogen-bond donors (Lipinski definition) is 0. The second kappa shape index (κ2) is 7.02. The van der Waals surface area contributed by atoms with Crippen LogP contribution in [-0.4, -0.2) is 11.5 Å². The highest BCUT2D eigenvalue weighted by molar-refractivity contribution is 6.31. The average Bonchev–Trinajstić information content (AvgIpc) is 3.09. The monoisotopic (exact) mass is 379 g/mol. The minimum absolute atomic E-state index is 0.104. The lowest BCUT2D eigenvalue weighted by Crippen LogP contribution is -2.18. The van der Waals surface area contributed by atoms with Crippen LogP contribution in [-0.2, 0) is 0 Å². The van der Waals surface area contributed by atoms with E-state index in [0.29, 0.717) is 11.1 Å². The Morgan fingerprint density at radius 2 is 2.00 bits per heavy atom. The van der Waals surface area contributed by atoms with Crippen LogP contribution in [0, 0.1) is 12.3 Å². The molecule has 0 bridgehead atoms. The molecular formula is C18H9ClF3NO3. The van der Waals surface area contributed by atoms with Crippen LogP contribution >= 0.6 is 11.6 Å². The van der Waals surface area contributed by atoms with Gasteiger partial charge >= 0.3 is 6.36 Å². The quantitative estimate of drug-likeness (QED) is 0.548. The van der Waals surface area contributed by atoms with Crippen molar-refractivity contribution in [2.24, 2.45) is 0 Å². The first-order valence-electron chi connectivity index (χ1n) is 7.10. The van der Waals surface area contributed by atoms with Crippen molar-refractivity contribution in [3.05, 3.63) is 59.4 Å². The fraction of sp³-hybridized carbons (Fsp3) is 0.0556. The van der Waals surface area contributed by atoms with Crippen LogP contribution in [0.2, 0.25) is 5.02 Å². The van der Waals surface area contributed by atoms with Gasteiger partial charge in [0.25, 0.3) is 0 Å². The smallest absolute Gasteiger partial charge is 0.453 e. The summed E-state index contributed by atoms with van der Waals surface area (Å²) in [6, 6.07) is 8.69. The Hall–Kier alpha value is -3.11. The second-order valence-corrected chi connectivity index (χ2v) is 5.39. The van der Waals surface area contributed by atoms with Gasteiger partial charge in [0.1, 0.15) is 12.0 Å². The summed E-state index contributed by atoms with van der Waals surface area (Å²) in [6.45, 7) is 0. The first-order valence-corrected chi connectivity index (χ1v) is 7.47. The summed E-state index contributed by atoms with van der Waals surface area (Å²) in [6.07, 6.45) is 2.83. The summed E-state index contributed by atoms with van der Waals surface area (Å²) in [7, 11) is 0. The van der Waals surface area contributed by atoms with Gasteiger partial charge in [-0.3, -0.25) is 0 Å². The lowest BCUT2D eigenvalue weighted by Gasteiger charge is -2.17.